The molecule has 1 fully saturated rings. The highest BCUT2D eigenvalue weighted by Gasteiger charge is 2.36. The highest BCUT2D eigenvalue weighted by Crippen LogP contribution is 2.33. The molecule has 0 saturated heterocycles. The van der Waals surface area contributed by atoms with Crippen LogP contribution >= 0.6 is 0 Å². The molecule has 0 heterocycles. The van der Waals surface area contributed by atoms with Gasteiger partial charge < -0.3 is 10.1 Å². The normalized spacial score (nSPS) is 16.8. The number of halogens is 3. The molecule has 0 aliphatic heterocycles. The first-order chi connectivity index (χ1) is 9.41. The Morgan fingerprint density at radius 1 is 1.35 bits per heavy atom. The van der Waals surface area contributed by atoms with Gasteiger partial charge >= 0.3 is 12.1 Å². The van der Waals surface area contributed by atoms with E-state index < -0.39 is 11.7 Å². The summed E-state index contributed by atoms with van der Waals surface area (Å²) in [5, 5.41) is 3.05. The summed E-state index contributed by atoms with van der Waals surface area (Å²) in [6, 6.07) is 4.54. The van der Waals surface area contributed by atoms with Gasteiger partial charge in [-0.05, 0) is 36.5 Å². The van der Waals surface area contributed by atoms with Gasteiger partial charge in [-0.2, -0.15) is 13.2 Å². The molecule has 3 nitrogen and oxygen atoms in total. The van der Waals surface area contributed by atoms with E-state index in [1.807, 2.05) is 0 Å². The van der Waals surface area contributed by atoms with Gasteiger partial charge in [0.1, 0.15) is 6.04 Å². The average Bonchev–Trinajstić information content (AvgIpc) is 3.22. The van der Waals surface area contributed by atoms with E-state index in [2.05, 4.69) is 5.32 Å². The van der Waals surface area contributed by atoms with Crippen molar-refractivity contribution in [3.8, 4) is 0 Å². The van der Waals surface area contributed by atoms with E-state index in [0.717, 1.165) is 25.0 Å². The number of hydrogen-bond donors (Lipinski definition) is 1. The molecule has 110 valence electrons. The Hall–Kier alpha value is -1.56. The fourth-order valence-electron chi connectivity index (χ4n) is 2.04. The molecule has 1 unspecified atom stereocenters. The van der Waals surface area contributed by atoms with E-state index >= 15 is 0 Å². The number of benzene rings is 1. The molecule has 1 saturated carbocycles. The van der Waals surface area contributed by atoms with E-state index in [1.54, 1.807) is 0 Å². The molecule has 1 aromatic carbocycles. The number of ether oxygens (including phenoxy) is 1. The minimum atomic E-state index is -4.32. The summed E-state index contributed by atoms with van der Waals surface area (Å²) in [6.45, 7) is 0.342. The maximum Gasteiger partial charge on any atom is 0.416 e. The zero-order valence-corrected chi connectivity index (χ0v) is 11.0. The SMILES string of the molecule is COC(=O)C(NCc1ccc(C(F)(F)F)cc1)C1CC1. The number of carbonyl (C=O) groups excluding carboxylic acids is 1. The summed E-state index contributed by atoms with van der Waals surface area (Å²) in [6.07, 6.45) is -2.38. The van der Waals surface area contributed by atoms with Gasteiger partial charge in [0, 0.05) is 6.54 Å². The standard InChI is InChI=1S/C14H16F3NO2/c1-20-13(19)12(10-4-5-10)18-8-9-2-6-11(7-3-9)14(15,16)17/h2-3,6-7,10,12,18H,4-5,8H2,1H3. The van der Waals surface area contributed by atoms with Crippen LogP contribution in [-0.2, 0) is 22.3 Å². The van der Waals surface area contributed by atoms with Gasteiger partial charge in [-0.25, -0.2) is 0 Å². The molecule has 1 atom stereocenters. The first kappa shape index (κ1) is 14.8. The summed E-state index contributed by atoms with van der Waals surface area (Å²) < 4.78 is 42.0. The van der Waals surface area contributed by atoms with Crippen molar-refractivity contribution in [2.75, 3.05) is 7.11 Å². The third-order valence-electron chi connectivity index (χ3n) is 3.36. The fourth-order valence-corrected chi connectivity index (χ4v) is 2.04. The fraction of sp³-hybridized carbons (Fsp3) is 0.500. The number of rotatable bonds is 5. The topological polar surface area (TPSA) is 38.3 Å². The zero-order valence-electron chi connectivity index (χ0n) is 11.0. The number of esters is 1. The summed E-state index contributed by atoms with van der Waals surface area (Å²) >= 11 is 0. The minimum absolute atomic E-state index is 0.275. The quantitative estimate of drug-likeness (QED) is 0.846. The zero-order chi connectivity index (χ0) is 14.8. The second-order valence-corrected chi connectivity index (χ2v) is 4.91. The Morgan fingerprint density at radius 3 is 2.40 bits per heavy atom. The van der Waals surface area contributed by atoms with Gasteiger partial charge in [0.25, 0.3) is 0 Å². The lowest BCUT2D eigenvalue weighted by molar-refractivity contribution is -0.143. The van der Waals surface area contributed by atoms with E-state index in [4.69, 9.17) is 4.74 Å². The minimum Gasteiger partial charge on any atom is -0.468 e. The predicted molar refractivity (Wildman–Crippen MR) is 66.8 cm³/mol. The number of carbonyl (C=O) groups is 1. The van der Waals surface area contributed by atoms with Gasteiger partial charge in [0.05, 0.1) is 12.7 Å². The number of alkyl halides is 3. The van der Waals surface area contributed by atoms with E-state index in [1.165, 1.54) is 19.2 Å². The first-order valence-corrected chi connectivity index (χ1v) is 6.39. The lowest BCUT2D eigenvalue weighted by Gasteiger charge is -2.16. The largest absolute Gasteiger partial charge is 0.468 e. The summed E-state index contributed by atoms with van der Waals surface area (Å²) in [4.78, 5) is 11.6. The molecular formula is C14H16F3NO2. The van der Waals surface area contributed by atoms with Crippen molar-refractivity contribution in [1.29, 1.82) is 0 Å². The van der Waals surface area contributed by atoms with Crippen LogP contribution in [0.5, 0.6) is 0 Å². The molecule has 1 aromatic rings. The van der Waals surface area contributed by atoms with Crippen LogP contribution in [0.25, 0.3) is 0 Å². The Bertz CT molecular complexity index is 466. The van der Waals surface area contributed by atoms with Gasteiger partial charge in [0.15, 0.2) is 0 Å². The van der Waals surface area contributed by atoms with Crippen LogP contribution in [0.15, 0.2) is 24.3 Å². The average molecular weight is 287 g/mol. The third-order valence-corrected chi connectivity index (χ3v) is 3.36. The molecule has 6 heteroatoms. The third kappa shape index (κ3) is 3.72. The van der Waals surface area contributed by atoms with Crippen molar-refractivity contribution in [3.63, 3.8) is 0 Å². The first-order valence-electron chi connectivity index (χ1n) is 6.39. The van der Waals surface area contributed by atoms with Gasteiger partial charge in [-0.15, -0.1) is 0 Å². The van der Waals surface area contributed by atoms with Gasteiger partial charge in [0.2, 0.25) is 0 Å². The molecule has 2 rings (SSSR count). The maximum absolute atomic E-state index is 12.4. The van der Waals surface area contributed by atoms with E-state index in [0.29, 0.717) is 12.1 Å². The Morgan fingerprint density at radius 2 is 1.95 bits per heavy atom. The molecule has 0 spiro atoms. The van der Waals surface area contributed by atoms with E-state index in [9.17, 15) is 18.0 Å². The molecular weight excluding hydrogens is 271 g/mol. The Balaban J connectivity index is 1.94. The number of methoxy groups -OCH3 is 1. The van der Waals surface area contributed by atoms with Crippen molar-refractivity contribution in [3.05, 3.63) is 35.4 Å². The van der Waals surface area contributed by atoms with Gasteiger partial charge in [-0.3, -0.25) is 4.79 Å². The highest BCUT2D eigenvalue weighted by molar-refractivity contribution is 5.76. The molecule has 20 heavy (non-hydrogen) atoms. The molecule has 1 aliphatic carbocycles. The van der Waals surface area contributed by atoms with Crippen LogP contribution in [0.1, 0.15) is 24.0 Å². The highest BCUT2D eigenvalue weighted by atomic mass is 19.4. The van der Waals surface area contributed by atoms with Crippen LogP contribution in [0.4, 0.5) is 13.2 Å². The summed E-state index contributed by atoms with van der Waals surface area (Å²) in [7, 11) is 1.33. The number of hydrogen-bond acceptors (Lipinski definition) is 3. The molecule has 0 aromatic heterocycles. The smallest absolute Gasteiger partial charge is 0.416 e. The second kappa shape index (κ2) is 5.83. The van der Waals surface area contributed by atoms with Gasteiger partial charge in [-0.1, -0.05) is 12.1 Å². The van der Waals surface area contributed by atoms with Crippen LogP contribution < -0.4 is 5.32 Å². The van der Waals surface area contributed by atoms with Crippen LogP contribution in [0, 0.1) is 5.92 Å². The maximum atomic E-state index is 12.4. The van der Waals surface area contributed by atoms with Crippen LogP contribution in [0.3, 0.4) is 0 Å². The van der Waals surface area contributed by atoms with E-state index in [-0.39, 0.29) is 17.9 Å². The summed E-state index contributed by atoms with van der Waals surface area (Å²) in [5.41, 5.74) is 0.0283. The number of nitrogens with one attached hydrogen (secondary N) is 1. The molecule has 1 N–H and O–H groups in total. The van der Waals surface area contributed by atoms with Crippen LogP contribution in [0.2, 0.25) is 0 Å². The van der Waals surface area contributed by atoms with Crippen molar-refractivity contribution >= 4 is 5.97 Å². The lowest BCUT2D eigenvalue weighted by Crippen LogP contribution is -2.39. The molecule has 1 aliphatic rings. The van der Waals surface area contributed by atoms with Crippen molar-refractivity contribution < 1.29 is 22.7 Å². The second-order valence-electron chi connectivity index (χ2n) is 4.91. The predicted octanol–water partition coefficient (Wildman–Crippen LogP) is 2.75. The van der Waals surface area contributed by atoms with Crippen molar-refractivity contribution in [2.45, 2.75) is 31.6 Å². The Labute approximate surface area is 115 Å². The Kier molecular flexibility index (Phi) is 4.32. The molecule has 0 radical (unpaired) electrons. The van der Waals surface area contributed by atoms with Crippen molar-refractivity contribution in [2.24, 2.45) is 5.92 Å². The monoisotopic (exact) mass is 287 g/mol. The van der Waals surface area contributed by atoms with Crippen molar-refractivity contribution in [1.82, 2.24) is 5.32 Å². The molecule has 0 bridgehead atoms. The lowest BCUT2D eigenvalue weighted by atomic mass is 10.1. The summed E-state index contributed by atoms with van der Waals surface area (Å²) in [5.74, 6) is -0.0451. The van der Waals surface area contributed by atoms with Crippen LogP contribution in [-0.4, -0.2) is 19.1 Å². The molecule has 0 amide bonds.